The predicted octanol–water partition coefficient (Wildman–Crippen LogP) is 2.65. The molecule has 0 N–H and O–H groups in total. The zero-order valence-electron chi connectivity index (χ0n) is 7.53. The Morgan fingerprint density at radius 3 is 2.93 bits per heavy atom. The molecule has 0 aliphatic heterocycles. The topological polar surface area (TPSA) is 54.5 Å². The summed E-state index contributed by atoms with van der Waals surface area (Å²) in [5, 5.41) is 8.73. The molecule has 0 spiro atoms. The third-order valence-electron chi connectivity index (χ3n) is 1.73. The Bertz CT molecular complexity index is 398. The van der Waals surface area contributed by atoms with Crippen LogP contribution >= 0.6 is 15.9 Å². The Hall–Kier alpha value is -1.41. The van der Waals surface area contributed by atoms with Crippen LogP contribution in [0.25, 0.3) is 4.98 Å². The maximum atomic E-state index is 11.0. The fraction of sp³-hybridized carbons (Fsp3) is 0.222. The zero-order valence-corrected chi connectivity index (χ0v) is 9.11. The summed E-state index contributed by atoms with van der Waals surface area (Å²) in [7, 11) is 1.32. The lowest BCUT2D eigenvalue weighted by molar-refractivity contribution is -0.139. The molecule has 0 bridgehead atoms. The summed E-state index contributed by atoms with van der Waals surface area (Å²) in [6.45, 7) is 0. The van der Waals surface area contributed by atoms with Crippen molar-refractivity contribution in [2.75, 3.05) is 7.11 Å². The second kappa shape index (κ2) is 4.72. The summed E-state index contributed by atoms with van der Waals surface area (Å²) < 4.78 is 5.16. The normalized spacial score (nSPS) is 9.21. The van der Waals surface area contributed by atoms with Crippen LogP contribution < -0.4 is 0 Å². The molecule has 0 radical (unpaired) electrons. The Labute approximate surface area is 89.6 Å². The Balaban J connectivity index is 3.04. The molecule has 0 saturated heterocycles. The molecule has 0 fully saturated rings. The standard InChI is InChI=1S/C9H8BrN2O2/c1-14-8(13)5-6-3-2-4-7(10)9(6)12-11/h2-4H,5H2,1H3/q+1. The van der Waals surface area contributed by atoms with Crippen molar-refractivity contribution in [3.05, 3.63) is 33.2 Å². The molecule has 0 atom stereocenters. The molecule has 14 heavy (non-hydrogen) atoms. The molecule has 0 saturated carbocycles. The number of carbonyl (C=O) groups is 1. The van der Waals surface area contributed by atoms with E-state index in [1.165, 1.54) is 7.11 Å². The first-order valence-corrected chi connectivity index (χ1v) is 4.67. The van der Waals surface area contributed by atoms with Crippen molar-refractivity contribution in [2.24, 2.45) is 0 Å². The number of hydrogen-bond donors (Lipinski definition) is 0. The first-order valence-electron chi connectivity index (χ1n) is 3.88. The van der Waals surface area contributed by atoms with Gasteiger partial charge in [-0.1, -0.05) is 12.1 Å². The van der Waals surface area contributed by atoms with Crippen molar-refractivity contribution in [3.63, 3.8) is 0 Å². The minimum absolute atomic E-state index is 0.0926. The fourth-order valence-corrected chi connectivity index (χ4v) is 1.53. The highest BCUT2D eigenvalue weighted by Gasteiger charge is 2.20. The lowest BCUT2D eigenvalue weighted by Gasteiger charge is -1.97. The van der Waals surface area contributed by atoms with E-state index in [-0.39, 0.29) is 12.4 Å². The summed E-state index contributed by atoms with van der Waals surface area (Å²) in [6.07, 6.45) is 0.0926. The highest BCUT2D eigenvalue weighted by atomic mass is 79.9. The number of hydrogen-bond acceptors (Lipinski definition) is 3. The second-order valence-electron chi connectivity index (χ2n) is 2.60. The van der Waals surface area contributed by atoms with Gasteiger partial charge in [0.2, 0.25) is 5.39 Å². The molecule has 72 valence electrons. The van der Waals surface area contributed by atoms with Crippen molar-refractivity contribution in [1.82, 2.24) is 0 Å². The van der Waals surface area contributed by atoms with Gasteiger partial charge in [-0.05, 0) is 22.0 Å². The van der Waals surface area contributed by atoms with Gasteiger partial charge < -0.3 is 4.74 Å². The molecule has 0 heterocycles. The molecule has 1 rings (SSSR count). The Morgan fingerprint density at radius 2 is 2.36 bits per heavy atom. The molecule has 0 aromatic heterocycles. The van der Waals surface area contributed by atoms with Crippen LogP contribution in [0.5, 0.6) is 0 Å². The summed E-state index contributed by atoms with van der Waals surface area (Å²) in [5.74, 6) is -0.368. The van der Waals surface area contributed by atoms with Crippen LogP contribution in [0.3, 0.4) is 0 Å². The summed E-state index contributed by atoms with van der Waals surface area (Å²) >= 11 is 3.21. The molecular formula is C9H8BrN2O2+. The SMILES string of the molecule is COC(=O)Cc1cccc(Br)c1[N+]#N. The quantitative estimate of drug-likeness (QED) is 0.603. The molecule has 4 nitrogen and oxygen atoms in total. The number of rotatable bonds is 2. The average Bonchev–Trinajstić information content (AvgIpc) is 2.18. The monoisotopic (exact) mass is 255 g/mol. The van der Waals surface area contributed by atoms with E-state index in [1.807, 2.05) is 0 Å². The lowest BCUT2D eigenvalue weighted by atomic mass is 10.1. The average molecular weight is 256 g/mol. The molecular weight excluding hydrogens is 248 g/mol. The smallest absolute Gasteiger partial charge is 0.402 e. The molecule has 1 aromatic rings. The van der Waals surface area contributed by atoms with Crippen LogP contribution in [0.2, 0.25) is 0 Å². The number of methoxy groups -OCH3 is 1. The van der Waals surface area contributed by atoms with Gasteiger partial charge in [0.05, 0.1) is 19.1 Å². The van der Waals surface area contributed by atoms with Crippen molar-refractivity contribution < 1.29 is 9.53 Å². The van der Waals surface area contributed by atoms with Crippen molar-refractivity contribution in [3.8, 4) is 0 Å². The Morgan fingerprint density at radius 1 is 1.64 bits per heavy atom. The van der Waals surface area contributed by atoms with Gasteiger partial charge >= 0.3 is 11.7 Å². The molecule has 1 aromatic carbocycles. The van der Waals surface area contributed by atoms with Crippen LogP contribution in [0.15, 0.2) is 22.7 Å². The summed E-state index contributed by atoms with van der Waals surface area (Å²) in [6, 6.07) is 5.20. The van der Waals surface area contributed by atoms with Gasteiger partial charge in [0.15, 0.2) is 4.98 Å². The van der Waals surface area contributed by atoms with Crippen molar-refractivity contribution >= 4 is 27.6 Å². The molecule has 0 aliphatic rings. The minimum atomic E-state index is -0.368. The molecule has 0 amide bonds. The first-order chi connectivity index (χ1) is 6.69. The second-order valence-corrected chi connectivity index (χ2v) is 3.45. The third kappa shape index (κ3) is 2.30. The number of diazo groups is 1. The first kappa shape index (κ1) is 10.7. The van der Waals surface area contributed by atoms with E-state index >= 15 is 0 Å². The van der Waals surface area contributed by atoms with Gasteiger partial charge in [0.25, 0.3) is 0 Å². The Kier molecular flexibility index (Phi) is 3.60. The van der Waals surface area contributed by atoms with Crippen molar-refractivity contribution in [1.29, 1.82) is 5.39 Å². The van der Waals surface area contributed by atoms with E-state index in [0.717, 1.165) is 0 Å². The number of halogens is 1. The van der Waals surface area contributed by atoms with Gasteiger partial charge in [-0.2, -0.15) is 0 Å². The molecule has 0 aliphatic carbocycles. The third-order valence-corrected chi connectivity index (χ3v) is 2.37. The maximum absolute atomic E-state index is 11.0. The van der Waals surface area contributed by atoms with E-state index in [4.69, 9.17) is 5.39 Å². The predicted molar refractivity (Wildman–Crippen MR) is 54.6 cm³/mol. The number of nitrogens with zero attached hydrogens (tertiary/aromatic N) is 2. The number of carbonyl (C=O) groups excluding carboxylic acids is 1. The lowest BCUT2D eigenvalue weighted by Crippen LogP contribution is -2.04. The minimum Gasteiger partial charge on any atom is -0.469 e. The molecule has 5 heteroatoms. The largest absolute Gasteiger partial charge is 0.469 e. The highest BCUT2D eigenvalue weighted by molar-refractivity contribution is 9.10. The van der Waals surface area contributed by atoms with E-state index < -0.39 is 0 Å². The van der Waals surface area contributed by atoms with Gasteiger partial charge in [-0.3, -0.25) is 4.79 Å². The van der Waals surface area contributed by atoms with Gasteiger partial charge in [-0.15, -0.1) is 0 Å². The van der Waals surface area contributed by atoms with E-state index in [1.54, 1.807) is 18.2 Å². The fourth-order valence-electron chi connectivity index (χ4n) is 1.04. The maximum Gasteiger partial charge on any atom is 0.402 e. The van der Waals surface area contributed by atoms with E-state index in [2.05, 4.69) is 25.6 Å². The van der Waals surface area contributed by atoms with Crippen molar-refractivity contribution in [2.45, 2.75) is 6.42 Å². The van der Waals surface area contributed by atoms with Gasteiger partial charge in [0, 0.05) is 0 Å². The van der Waals surface area contributed by atoms with Crippen LogP contribution in [-0.2, 0) is 16.0 Å². The van der Waals surface area contributed by atoms with Crippen LogP contribution in [-0.4, -0.2) is 13.1 Å². The van der Waals surface area contributed by atoms with Gasteiger partial charge in [-0.25, -0.2) is 0 Å². The van der Waals surface area contributed by atoms with Crippen LogP contribution in [0, 0.1) is 5.39 Å². The number of esters is 1. The number of benzene rings is 1. The van der Waals surface area contributed by atoms with Gasteiger partial charge in [0.1, 0.15) is 4.47 Å². The van der Waals surface area contributed by atoms with Crippen LogP contribution in [0.1, 0.15) is 5.56 Å². The van der Waals surface area contributed by atoms with E-state index in [9.17, 15) is 4.79 Å². The zero-order chi connectivity index (χ0) is 10.6. The molecule has 0 unspecified atom stereocenters. The van der Waals surface area contributed by atoms with Crippen LogP contribution in [0.4, 0.5) is 5.69 Å². The number of ether oxygens (including phenoxy) is 1. The van der Waals surface area contributed by atoms with E-state index in [0.29, 0.717) is 15.7 Å². The summed E-state index contributed by atoms with van der Waals surface area (Å²) in [5.41, 5.74) is 0.978. The summed E-state index contributed by atoms with van der Waals surface area (Å²) in [4.78, 5) is 14.1. The highest BCUT2D eigenvalue weighted by Crippen LogP contribution is 2.29.